The zero-order valence-electron chi connectivity index (χ0n) is 10.9. The normalized spacial score (nSPS) is 11.3. The average Bonchev–Trinajstić information content (AvgIpc) is 2.18. The van der Waals surface area contributed by atoms with Gasteiger partial charge in [-0.1, -0.05) is 34.1 Å². The largest absolute Gasteiger partial charge is 0.303 e. The van der Waals surface area contributed by atoms with E-state index in [-0.39, 0.29) is 0 Å². The molecule has 0 amide bonds. The molecule has 0 atom stereocenters. The maximum absolute atomic E-state index is 11.5. The van der Waals surface area contributed by atoms with E-state index in [1.807, 2.05) is 0 Å². The summed E-state index contributed by atoms with van der Waals surface area (Å²) in [5, 5.41) is 0. The fourth-order valence-corrected chi connectivity index (χ4v) is 1.66. The van der Waals surface area contributed by atoms with Gasteiger partial charge in [0.15, 0.2) is 0 Å². The molecule has 0 unspecified atom stereocenters. The minimum absolute atomic E-state index is 0.433. The first-order chi connectivity index (χ1) is 7.10. The monoisotopic (exact) mass is 213 g/mol. The van der Waals surface area contributed by atoms with Crippen LogP contribution >= 0.6 is 0 Å². The van der Waals surface area contributed by atoms with E-state index in [4.69, 9.17) is 0 Å². The molecule has 0 radical (unpaired) electrons. The van der Waals surface area contributed by atoms with Gasteiger partial charge in [0.1, 0.15) is 5.78 Å². The van der Waals surface area contributed by atoms with Crippen molar-refractivity contribution in [2.24, 2.45) is 5.92 Å². The molecule has 0 fully saturated rings. The quantitative estimate of drug-likeness (QED) is 0.586. The van der Waals surface area contributed by atoms with E-state index in [1.165, 1.54) is 6.42 Å². The number of ketones is 1. The molecule has 0 aliphatic carbocycles. The molecule has 0 aromatic carbocycles. The first-order valence-electron chi connectivity index (χ1n) is 6.34. The molecule has 0 saturated carbocycles. The first-order valence-corrected chi connectivity index (χ1v) is 6.34. The Morgan fingerprint density at radius 3 is 2.20 bits per heavy atom. The van der Waals surface area contributed by atoms with Crippen LogP contribution in [0.1, 0.15) is 53.4 Å². The van der Waals surface area contributed by atoms with Crippen LogP contribution in [0.4, 0.5) is 0 Å². The zero-order chi connectivity index (χ0) is 11.7. The van der Waals surface area contributed by atoms with Gasteiger partial charge in [0.2, 0.25) is 0 Å². The van der Waals surface area contributed by atoms with Gasteiger partial charge < -0.3 is 4.90 Å². The van der Waals surface area contributed by atoms with Crippen LogP contribution in [0, 0.1) is 5.92 Å². The van der Waals surface area contributed by atoms with Crippen LogP contribution in [-0.2, 0) is 4.79 Å². The maximum atomic E-state index is 11.5. The zero-order valence-corrected chi connectivity index (χ0v) is 10.9. The predicted molar refractivity (Wildman–Crippen MR) is 66.1 cm³/mol. The van der Waals surface area contributed by atoms with Crippen molar-refractivity contribution >= 4 is 5.78 Å². The molecular formula is C13H27NO. The van der Waals surface area contributed by atoms with Gasteiger partial charge in [-0.2, -0.15) is 0 Å². The summed E-state index contributed by atoms with van der Waals surface area (Å²) in [6, 6.07) is 0. The Bertz CT molecular complexity index is 162. The average molecular weight is 213 g/mol. The molecule has 2 heteroatoms. The Morgan fingerprint density at radius 1 is 1.13 bits per heavy atom. The van der Waals surface area contributed by atoms with E-state index in [0.29, 0.717) is 5.78 Å². The Balaban J connectivity index is 3.48. The van der Waals surface area contributed by atoms with Gasteiger partial charge in [-0.15, -0.1) is 0 Å². The molecule has 0 bridgehead atoms. The number of hydrogen-bond donors (Lipinski definition) is 0. The Hall–Kier alpha value is -0.370. The summed E-state index contributed by atoms with van der Waals surface area (Å²) in [4.78, 5) is 13.8. The van der Waals surface area contributed by atoms with Gasteiger partial charge in [0.25, 0.3) is 0 Å². The molecule has 15 heavy (non-hydrogen) atoms. The van der Waals surface area contributed by atoms with Gasteiger partial charge in [0, 0.05) is 19.4 Å². The fourth-order valence-electron chi connectivity index (χ4n) is 1.66. The molecule has 0 spiro atoms. The van der Waals surface area contributed by atoms with Gasteiger partial charge in [-0.3, -0.25) is 4.79 Å². The number of carbonyl (C=O) groups excluding carboxylic acids is 1. The van der Waals surface area contributed by atoms with Crippen molar-refractivity contribution in [3.05, 3.63) is 0 Å². The van der Waals surface area contributed by atoms with Crippen LogP contribution in [0.3, 0.4) is 0 Å². The van der Waals surface area contributed by atoms with Gasteiger partial charge in [-0.05, 0) is 25.4 Å². The number of Topliss-reactive ketones (excluding diaryl/α,β-unsaturated/α-hetero) is 1. The molecule has 90 valence electrons. The maximum Gasteiger partial charge on any atom is 0.134 e. The number of hydrogen-bond acceptors (Lipinski definition) is 2. The Morgan fingerprint density at radius 2 is 1.73 bits per heavy atom. The van der Waals surface area contributed by atoms with Crippen LogP contribution in [0.2, 0.25) is 0 Å². The lowest BCUT2D eigenvalue weighted by molar-refractivity contribution is -0.119. The van der Waals surface area contributed by atoms with Crippen LogP contribution in [0.5, 0.6) is 0 Å². The van der Waals surface area contributed by atoms with Crippen molar-refractivity contribution in [1.82, 2.24) is 4.90 Å². The van der Waals surface area contributed by atoms with Crippen LogP contribution in [-0.4, -0.2) is 30.3 Å². The second kappa shape index (κ2) is 8.90. The van der Waals surface area contributed by atoms with Crippen molar-refractivity contribution in [2.45, 2.75) is 53.4 Å². The highest BCUT2D eigenvalue weighted by molar-refractivity contribution is 5.78. The molecular weight excluding hydrogens is 186 g/mol. The van der Waals surface area contributed by atoms with Gasteiger partial charge >= 0.3 is 0 Å². The lowest BCUT2D eigenvalue weighted by Gasteiger charge is -2.17. The molecule has 0 aromatic rings. The molecule has 0 aromatic heterocycles. The third kappa shape index (κ3) is 8.61. The second-order valence-electron chi connectivity index (χ2n) is 4.60. The van der Waals surface area contributed by atoms with E-state index in [1.54, 1.807) is 0 Å². The predicted octanol–water partition coefficient (Wildman–Crippen LogP) is 3.11. The topological polar surface area (TPSA) is 20.3 Å². The number of carbonyl (C=O) groups is 1. The second-order valence-corrected chi connectivity index (χ2v) is 4.60. The molecule has 0 heterocycles. The molecule has 2 nitrogen and oxygen atoms in total. The molecule has 0 aliphatic heterocycles. The lowest BCUT2D eigenvalue weighted by Crippen LogP contribution is -2.25. The van der Waals surface area contributed by atoms with E-state index >= 15 is 0 Å². The SMILES string of the molecule is CCN(CC)CCC(=O)CCCC(C)C. The van der Waals surface area contributed by atoms with Gasteiger partial charge in [0.05, 0.1) is 0 Å². The first kappa shape index (κ1) is 14.6. The minimum Gasteiger partial charge on any atom is -0.303 e. The Labute approximate surface area is 95.0 Å². The van der Waals surface area contributed by atoms with Crippen molar-refractivity contribution < 1.29 is 4.79 Å². The summed E-state index contributed by atoms with van der Waals surface area (Å²) in [7, 11) is 0. The third-order valence-electron chi connectivity index (χ3n) is 2.84. The molecule has 0 N–H and O–H groups in total. The van der Waals surface area contributed by atoms with Crippen molar-refractivity contribution in [3.8, 4) is 0 Å². The minimum atomic E-state index is 0.433. The summed E-state index contributed by atoms with van der Waals surface area (Å²) in [6.45, 7) is 11.7. The van der Waals surface area contributed by atoms with E-state index in [0.717, 1.165) is 44.8 Å². The van der Waals surface area contributed by atoms with Crippen molar-refractivity contribution in [3.63, 3.8) is 0 Å². The summed E-state index contributed by atoms with van der Waals surface area (Å²) in [6.07, 6.45) is 3.75. The molecule has 0 rings (SSSR count). The van der Waals surface area contributed by atoms with Crippen LogP contribution in [0.15, 0.2) is 0 Å². The Kier molecular flexibility index (Phi) is 8.68. The van der Waals surface area contributed by atoms with Crippen LogP contribution < -0.4 is 0 Å². The smallest absolute Gasteiger partial charge is 0.134 e. The van der Waals surface area contributed by atoms with E-state index < -0.39 is 0 Å². The van der Waals surface area contributed by atoms with Gasteiger partial charge in [-0.25, -0.2) is 0 Å². The highest BCUT2D eigenvalue weighted by atomic mass is 16.1. The summed E-state index contributed by atoms with van der Waals surface area (Å²) < 4.78 is 0. The standard InChI is InChI=1S/C13H27NO/c1-5-14(6-2)11-10-13(15)9-7-8-12(3)4/h12H,5-11H2,1-4H3. The third-order valence-corrected chi connectivity index (χ3v) is 2.84. The van der Waals surface area contributed by atoms with Crippen LogP contribution in [0.25, 0.3) is 0 Å². The highest BCUT2D eigenvalue weighted by Gasteiger charge is 2.05. The summed E-state index contributed by atoms with van der Waals surface area (Å²) >= 11 is 0. The van der Waals surface area contributed by atoms with E-state index in [2.05, 4.69) is 32.6 Å². The number of rotatable bonds is 9. The van der Waals surface area contributed by atoms with Crippen molar-refractivity contribution in [2.75, 3.05) is 19.6 Å². The summed E-state index contributed by atoms with van der Waals surface area (Å²) in [5.74, 6) is 1.16. The fraction of sp³-hybridized carbons (Fsp3) is 0.923. The van der Waals surface area contributed by atoms with Crippen molar-refractivity contribution in [1.29, 1.82) is 0 Å². The summed E-state index contributed by atoms with van der Waals surface area (Å²) in [5.41, 5.74) is 0. The number of nitrogens with zero attached hydrogens (tertiary/aromatic N) is 1. The molecule has 0 saturated heterocycles. The lowest BCUT2D eigenvalue weighted by atomic mass is 10.0. The highest BCUT2D eigenvalue weighted by Crippen LogP contribution is 2.07. The van der Waals surface area contributed by atoms with E-state index in [9.17, 15) is 4.79 Å². The molecule has 0 aliphatic rings.